The third-order valence-electron chi connectivity index (χ3n) is 4.43. The fourth-order valence-corrected chi connectivity index (χ4v) is 3.02. The van der Waals surface area contributed by atoms with Crippen LogP contribution in [0.5, 0.6) is 5.75 Å². The van der Waals surface area contributed by atoms with Crippen molar-refractivity contribution in [3.05, 3.63) is 29.3 Å². The van der Waals surface area contributed by atoms with Crippen LogP contribution in [0.2, 0.25) is 0 Å². The Balaban J connectivity index is 1.97. The van der Waals surface area contributed by atoms with Gasteiger partial charge in [-0.15, -0.1) is 0 Å². The molecule has 112 valence electrons. The van der Waals surface area contributed by atoms with Gasteiger partial charge in [0, 0.05) is 24.2 Å². The van der Waals surface area contributed by atoms with Gasteiger partial charge in [-0.3, -0.25) is 0 Å². The second-order valence-corrected chi connectivity index (χ2v) is 6.01. The molecule has 3 nitrogen and oxygen atoms in total. The Hall–Kier alpha value is -1.06. The van der Waals surface area contributed by atoms with Crippen molar-refractivity contribution in [1.82, 2.24) is 10.2 Å². The van der Waals surface area contributed by atoms with E-state index in [2.05, 4.69) is 49.3 Å². The summed E-state index contributed by atoms with van der Waals surface area (Å²) in [6, 6.07) is 7.38. The van der Waals surface area contributed by atoms with Crippen molar-refractivity contribution in [1.29, 1.82) is 0 Å². The number of likely N-dealkylation sites (N-methyl/N-ethyl adjacent to an activating group) is 1. The van der Waals surface area contributed by atoms with Crippen LogP contribution in [0, 0.1) is 6.92 Å². The Bertz CT molecular complexity index is 433. The van der Waals surface area contributed by atoms with Crippen LogP contribution in [0.15, 0.2) is 18.2 Å². The molecule has 3 heteroatoms. The maximum Gasteiger partial charge on any atom is 0.123 e. The minimum Gasteiger partial charge on any atom is -0.496 e. The summed E-state index contributed by atoms with van der Waals surface area (Å²) < 4.78 is 5.48. The molecule has 1 aliphatic heterocycles. The normalized spacial score (nSPS) is 21.7. The lowest BCUT2D eigenvalue weighted by Gasteiger charge is -2.33. The zero-order valence-corrected chi connectivity index (χ0v) is 13.3. The molecule has 0 spiro atoms. The van der Waals surface area contributed by atoms with Crippen LogP contribution in [0.3, 0.4) is 0 Å². The maximum absolute atomic E-state index is 5.48. The lowest BCUT2D eigenvalue weighted by molar-refractivity contribution is 0.178. The van der Waals surface area contributed by atoms with Crippen molar-refractivity contribution in [2.45, 2.75) is 45.2 Å². The minimum atomic E-state index is 0.320. The van der Waals surface area contributed by atoms with E-state index in [9.17, 15) is 0 Å². The predicted molar refractivity (Wildman–Crippen MR) is 84.4 cm³/mol. The third-order valence-corrected chi connectivity index (χ3v) is 4.43. The van der Waals surface area contributed by atoms with Gasteiger partial charge >= 0.3 is 0 Å². The summed E-state index contributed by atoms with van der Waals surface area (Å²) in [6.45, 7) is 6.63. The van der Waals surface area contributed by atoms with Crippen molar-refractivity contribution < 1.29 is 4.74 Å². The number of nitrogens with one attached hydrogen (secondary N) is 1. The summed E-state index contributed by atoms with van der Waals surface area (Å²) in [7, 11) is 3.99. The molecule has 1 saturated heterocycles. The monoisotopic (exact) mass is 276 g/mol. The molecule has 2 rings (SSSR count). The van der Waals surface area contributed by atoms with Gasteiger partial charge in [-0.25, -0.2) is 0 Å². The van der Waals surface area contributed by atoms with E-state index in [1.54, 1.807) is 7.11 Å². The Morgan fingerprint density at radius 3 is 2.90 bits per heavy atom. The average Bonchev–Trinajstić information content (AvgIpc) is 2.46. The van der Waals surface area contributed by atoms with E-state index in [1.807, 2.05) is 0 Å². The summed E-state index contributed by atoms with van der Waals surface area (Å²) in [5.74, 6) is 0.979. The number of likely N-dealkylation sites (tertiary alicyclic amines) is 1. The van der Waals surface area contributed by atoms with Gasteiger partial charge in [-0.05, 0) is 46.3 Å². The lowest BCUT2D eigenvalue weighted by atomic mass is 10.0. The van der Waals surface area contributed by atoms with Crippen molar-refractivity contribution in [2.24, 2.45) is 0 Å². The average molecular weight is 276 g/mol. The molecular weight excluding hydrogens is 248 g/mol. The van der Waals surface area contributed by atoms with Crippen molar-refractivity contribution in [3.63, 3.8) is 0 Å². The Morgan fingerprint density at radius 1 is 1.40 bits per heavy atom. The number of piperidine rings is 1. The van der Waals surface area contributed by atoms with Gasteiger partial charge in [-0.1, -0.05) is 24.1 Å². The van der Waals surface area contributed by atoms with Crippen molar-refractivity contribution >= 4 is 0 Å². The molecule has 0 saturated carbocycles. The first-order valence-electron chi connectivity index (χ1n) is 7.70. The predicted octanol–water partition coefficient (Wildman–Crippen LogP) is 3.14. The highest BCUT2D eigenvalue weighted by Crippen LogP contribution is 2.26. The highest BCUT2D eigenvalue weighted by Gasteiger charge is 2.20. The Labute approximate surface area is 123 Å². The van der Waals surface area contributed by atoms with Crippen molar-refractivity contribution in [3.8, 4) is 5.75 Å². The molecule has 0 radical (unpaired) electrons. The van der Waals surface area contributed by atoms with E-state index >= 15 is 0 Å². The number of aryl methyl sites for hydroxylation is 1. The Kier molecular flexibility index (Phi) is 5.44. The van der Waals surface area contributed by atoms with E-state index in [0.717, 1.165) is 12.3 Å². The minimum absolute atomic E-state index is 0.320. The first-order valence-corrected chi connectivity index (χ1v) is 7.70. The van der Waals surface area contributed by atoms with E-state index < -0.39 is 0 Å². The number of rotatable bonds is 5. The second-order valence-electron chi connectivity index (χ2n) is 6.01. The van der Waals surface area contributed by atoms with Gasteiger partial charge in [0.25, 0.3) is 0 Å². The maximum atomic E-state index is 5.48. The molecule has 2 atom stereocenters. The van der Waals surface area contributed by atoms with Crippen LogP contribution in [0.1, 0.15) is 43.4 Å². The standard InChI is InChI=1S/C17H28N2O/c1-13-8-9-17(20-4)16(11-13)14(2)18-12-15-7-5-6-10-19(15)3/h8-9,11,14-15,18H,5-7,10,12H2,1-4H3. The molecule has 1 aromatic carbocycles. The molecule has 1 heterocycles. The van der Waals surface area contributed by atoms with E-state index in [-0.39, 0.29) is 0 Å². The molecule has 0 bridgehead atoms. The number of ether oxygens (including phenoxy) is 1. The van der Waals surface area contributed by atoms with Crippen LogP contribution in [0.4, 0.5) is 0 Å². The van der Waals surface area contributed by atoms with Gasteiger partial charge in [-0.2, -0.15) is 0 Å². The number of methoxy groups -OCH3 is 1. The Morgan fingerprint density at radius 2 is 2.20 bits per heavy atom. The summed E-state index contributed by atoms with van der Waals surface area (Å²) in [5.41, 5.74) is 2.54. The van der Waals surface area contributed by atoms with Gasteiger partial charge in [0.15, 0.2) is 0 Å². The summed E-state index contributed by atoms with van der Waals surface area (Å²) in [6.07, 6.45) is 4.01. The van der Waals surface area contributed by atoms with Crippen LogP contribution in [-0.2, 0) is 0 Å². The molecule has 20 heavy (non-hydrogen) atoms. The number of nitrogens with zero attached hydrogens (tertiary/aromatic N) is 1. The highest BCUT2D eigenvalue weighted by molar-refractivity contribution is 5.38. The lowest BCUT2D eigenvalue weighted by Crippen LogP contribution is -2.43. The van der Waals surface area contributed by atoms with Gasteiger partial charge < -0.3 is 15.0 Å². The molecule has 0 aromatic heterocycles. The largest absolute Gasteiger partial charge is 0.496 e. The summed E-state index contributed by atoms with van der Waals surface area (Å²) in [4.78, 5) is 2.48. The van der Waals surface area contributed by atoms with Gasteiger partial charge in [0.2, 0.25) is 0 Å². The smallest absolute Gasteiger partial charge is 0.123 e. The molecule has 1 aliphatic rings. The zero-order valence-electron chi connectivity index (χ0n) is 13.3. The van der Waals surface area contributed by atoms with Crippen LogP contribution in [0.25, 0.3) is 0 Å². The van der Waals surface area contributed by atoms with E-state index in [0.29, 0.717) is 12.1 Å². The van der Waals surface area contributed by atoms with Crippen LogP contribution >= 0.6 is 0 Å². The molecule has 0 amide bonds. The van der Waals surface area contributed by atoms with Crippen molar-refractivity contribution in [2.75, 3.05) is 27.2 Å². The molecular formula is C17H28N2O. The third kappa shape index (κ3) is 3.74. The molecule has 1 N–H and O–H groups in total. The fourth-order valence-electron chi connectivity index (χ4n) is 3.02. The molecule has 0 aliphatic carbocycles. The quantitative estimate of drug-likeness (QED) is 0.894. The molecule has 2 unspecified atom stereocenters. The number of hydrogen-bond donors (Lipinski definition) is 1. The summed E-state index contributed by atoms with van der Waals surface area (Å²) in [5, 5.41) is 3.68. The van der Waals surface area contributed by atoms with Gasteiger partial charge in [0.1, 0.15) is 5.75 Å². The summed E-state index contributed by atoms with van der Waals surface area (Å²) >= 11 is 0. The van der Waals surface area contributed by atoms with Gasteiger partial charge in [0.05, 0.1) is 7.11 Å². The second kappa shape index (κ2) is 7.09. The van der Waals surface area contributed by atoms with Crippen LogP contribution in [-0.4, -0.2) is 38.2 Å². The zero-order chi connectivity index (χ0) is 14.5. The SMILES string of the molecule is COc1ccc(C)cc1C(C)NCC1CCCCN1C. The van der Waals surface area contributed by atoms with E-state index in [1.165, 1.54) is 36.9 Å². The first-order chi connectivity index (χ1) is 9.61. The first kappa shape index (κ1) is 15.3. The van der Waals surface area contributed by atoms with Crippen LogP contribution < -0.4 is 10.1 Å². The number of benzene rings is 1. The van der Waals surface area contributed by atoms with E-state index in [4.69, 9.17) is 4.74 Å². The number of hydrogen-bond acceptors (Lipinski definition) is 3. The molecule has 1 aromatic rings. The fraction of sp³-hybridized carbons (Fsp3) is 0.647. The molecule has 1 fully saturated rings. The topological polar surface area (TPSA) is 24.5 Å². The highest BCUT2D eigenvalue weighted by atomic mass is 16.5.